The second-order valence-electron chi connectivity index (χ2n) is 6.14. The van der Waals surface area contributed by atoms with Gasteiger partial charge in [-0.3, -0.25) is 0 Å². The van der Waals surface area contributed by atoms with Crippen molar-refractivity contribution in [2.24, 2.45) is 4.99 Å². The van der Waals surface area contributed by atoms with Crippen molar-refractivity contribution in [3.05, 3.63) is 106 Å². The number of halogens is 1. The highest BCUT2D eigenvalue weighted by atomic mass is 79.9. The van der Waals surface area contributed by atoms with Crippen LogP contribution in [0.2, 0.25) is 0 Å². The third kappa shape index (κ3) is 4.33. The fourth-order valence-corrected chi connectivity index (χ4v) is 3.18. The summed E-state index contributed by atoms with van der Waals surface area (Å²) >= 11 is 3.42. The normalized spacial score (nSPS) is 14.4. The van der Waals surface area contributed by atoms with Gasteiger partial charge in [0.2, 0.25) is 5.90 Å². The number of cyclic esters (lactones) is 1. The lowest BCUT2D eigenvalue weighted by Gasteiger charge is -2.05. The van der Waals surface area contributed by atoms with Crippen LogP contribution >= 0.6 is 15.9 Å². The minimum absolute atomic E-state index is 0.169. The Morgan fingerprint density at radius 2 is 1.72 bits per heavy atom. The summed E-state index contributed by atoms with van der Waals surface area (Å²) in [5.74, 6) is -0.387. The largest absolute Gasteiger partial charge is 0.423 e. The zero-order chi connectivity index (χ0) is 20.2. The van der Waals surface area contributed by atoms with Gasteiger partial charge in [-0.2, -0.15) is 0 Å². The first-order valence-electron chi connectivity index (χ1n) is 8.75. The summed E-state index contributed by atoms with van der Waals surface area (Å²) in [6.45, 7) is 0. The van der Waals surface area contributed by atoms with E-state index in [9.17, 15) is 9.59 Å². The Kier molecular flexibility index (Phi) is 5.35. The molecule has 0 saturated carbocycles. The van der Waals surface area contributed by atoms with E-state index < -0.39 is 11.9 Å². The third-order valence-corrected chi connectivity index (χ3v) is 4.80. The summed E-state index contributed by atoms with van der Waals surface area (Å²) in [5, 5.41) is 0. The van der Waals surface area contributed by atoms with E-state index in [1.165, 1.54) is 0 Å². The number of nitrogens with zero attached hydrogens (tertiary/aromatic N) is 1. The molecule has 29 heavy (non-hydrogen) atoms. The van der Waals surface area contributed by atoms with Gasteiger partial charge in [0.1, 0.15) is 5.75 Å². The molecule has 1 aliphatic rings. The Morgan fingerprint density at radius 1 is 0.966 bits per heavy atom. The zero-order valence-corrected chi connectivity index (χ0v) is 16.6. The van der Waals surface area contributed by atoms with Crippen molar-refractivity contribution < 1.29 is 19.1 Å². The SMILES string of the molecule is O=C1OC(c2ccccc2Br)=N/C1=C\c1cccc(OC(=O)c2ccccc2)c1. The second kappa shape index (κ2) is 8.24. The van der Waals surface area contributed by atoms with Crippen LogP contribution in [0.25, 0.3) is 6.08 Å². The van der Waals surface area contributed by atoms with Gasteiger partial charge in [0, 0.05) is 4.47 Å². The molecule has 0 radical (unpaired) electrons. The van der Waals surface area contributed by atoms with E-state index in [1.807, 2.05) is 30.3 Å². The number of esters is 2. The van der Waals surface area contributed by atoms with E-state index in [1.54, 1.807) is 54.6 Å². The van der Waals surface area contributed by atoms with Crippen LogP contribution in [-0.2, 0) is 9.53 Å². The third-order valence-electron chi connectivity index (χ3n) is 4.11. The molecule has 0 fully saturated rings. The summed E-state index contributed by atoms with van der Waals surface area (Å²) in [6.07, 6.45) is 1.59. The van der Waals surface area contributed by atoms with Gasteiger partial charge in [-0.05, 0) is 64.0 Å². The van der Waals surface area contributed by atoms with Crippen LogP contribution in [-0.4, -0.2) is 17.8 Å². The minimum Gasteiger partial charge on any atom is -0.423 e. The van der Waals surface area contributed by atoms with Crippen LogP contribution in [0.3, 0.4) is 0 Å². The zero-order valence-electron chi connectivity index (χ0n) is 15.0. The van der Waals surface area contributed by atoms with Crippen LogP contribution in [0.15, 0.2) is 94.0 Å². The fraction of sp³-hybridized carbons (Fsp3) is 0. The molecule has 0 unspecified atom stereocenters. The number of carbonyl (C=O) groups is 2. The summed E-state index contributed by atoms with van der Waals surface area (Å²) in [4.78, 5) is 28.7. The van der Waals surface area contributed by atoms with Crippen molar-refractivity contribution in [1.82, 2.24) is 0 Å². The van der Waals surface area contributed by atoms with E-state index in [0.29, 0.717) is 22.4 Å². The first-order chi connectivity index (χ1) is 14.1. The Morgan fingerprint density at radius 3 is 2.52 bits per heavy atom. The number of benzene rings is 3. The Balaban J connectivity index is 1.57. The molecule has 0 bridgehead atoms. The number of hydrogen-bond donors (Lipinski definition) is 0. The standard InChI is InChI=1S/C23H14BrNO4/c24-19-12-5-4-11-18(19)21-25-20(23(27)29-21)14-15-7-6-10-17(13-15)28-22(26)16-8-2-1-3-9-16/h1-14H/b20-14-. The minimum atomic E-state index is -0.539. The van der Waals surface area contributed by atoms with Crippen molar-refractivity contribution in [2.75, 3.05) is 0 Å². The quantitative estimate of drug-likeness (QED) is 0.320. The molecule has 0 atom stereocenters. The van der Waals surface area contributed by atoms with Crippen molar-refractivity contribution >= 4 is 39.8 Å². The number of hydrogen-bond acceptors (Lipinski definition) is 5. The van der Waals surface area contributed by atoms with Gasteiger partial charge in [0.25, 0.3) is 0 Å². The van der Waals surface area contributed by atoms with Crippen LogP contribution in [0.1, 0.15) is 21.5 Å². The maximum atomic E-state index is 12.2. The van der Waals surface area contributed by atoms with Crippen LogP contribution in [0.5, 0.6) is 5.75 Å². The fourth-order valence-electron chi connectivity index (χ4n) is 2.72. The molecular formula is C23H14BrNO4. The maximum Gasteiger partial charge on any atom is 0.363 e. The predicted octanol–water partition coefficient (Wildman–Crippen LogP) is 5.01. The number of ether oxygens (including phenoxy) is 2. The highest BCUT2D eigenvalue weighted by Gasteiger charge is 2.25. The molecule has 0 amide bonds. The van der Waals surface area contributed by atoms with Crippen molar-refractivity contribution in [1.29, 1.82) is 0 Å². The molecule has 0 saturated heterocycles. The van der Waals surface area contributed by atoms with E-state index in [4.69, 9.17) is 9.47 Å². The molecule has 3 aromatic rings. The van der Waals surface area contributed by atoms with Gasteiger partial charge in [-0.25, -0.2) is 14.6 Å². The monoisotopic (exact) mass is 447 g/mol. The lowest BCUT2D eigenvalue weighted by Crippen LogP contribution is -2.08. The van der Waals surface area contributed by atoms with Gasteiger partial charge in [-0.1, -0.05) is 42.5 Å². The summed E-state index contributed by atoms with van der Waals surface area (Å²) in [7, 11) is 0. The Labute approximate surface area is 175 Å². The van der Waals surface area contributed by atoms with Gasteiger partial charge in [0.05, 0.1) is 11.1 Å². The highest BCUT2D eigenvalue weighted by molar-refractivity contribution is 9.10. The lowest BCUT2D eigenvalue weighted by molar-refractivity contribution is -0.129. The van der Waals surface area contributed by atoms with E-state index >= 15 is 0 Å². The van der Waals surface area contributed by atoms with Crippen LogP contribution in [0.4, 0.5) is 0 Å². The van der Waals surface area contributed by atoms with Crippen molar-refractivity contribution in [3.8, 4) is 5.75 Å². The van der Waals surface area contributed by atoms with Gasteiger partial charge in [-0.15, -0.1) is 0 Å². The Hall–Kier alpha value is -3.51. The second-order valence-corrected chi connectivity index (χ2v) is 7.00. The summed E-state index contributed by atoms with van der Waals surface area (Å²) in [5.41, 5.74) is 1.97. The summed E-state index contributed by atoms with van der Waals surface area (Å²) < 4.78 is 11.5. The van der Waals surface area contributed by atoms with E-state index in [0.717, 1.165) is 4.47 Å². The van der Waals surface area contributed by atoms with Gasteiger partial charge < -0.3 is 9.47 Å². The first kappa shape index (κ1) is 18.8. The average molecular weight is 448 g/mol. The molecule has 0 aromatic heterocycles. The molecule has 1 heterocycles. The first-order valence-corrected chi connectivity index (χ1v) is 9.54. The topological polar surface area (TPSA) is 65.0 Å². The number of carbonyl (C=O) groups excluding carboxylic acids is 2. The molecule has 0 N–H and O–H groups in total. The molecular weight excluding hydrogens is 434 g/mol. The van der Waals surface area contributed by atoms with Crippen molar-refractivity contribution in [3.63, 3.8) is 0 Å². The summed E-state index contributed by atoms with van der Waals surface area (Å²) in [6, 6.07) is 22.9. The molecule has 5 nitrogen and oxygen atoms in total. The number of rotatable bonds is 4. The molecule has 142 valence electrons. The molecule has 0 spiro atoms. The smallest absolute Gasteiger partial charge is 0.363 e. The molecule has 4 rings (SSSR count). The van der Waals surface area contributed by atoms with E-state index in [2.05, 4.69) is 20.9 Å². The van der Waals surface area contributed by atoms with Crippen LogP contribution < -0.4 is 4.74 Å². The van der Waals surface area contributed by atoms with Crippen LogP contribution in [0, 0.1) is 0 Å². The highest BCUT2D eigenvalue weighted by Crippen LogP contribution is 2.25. The average Bonchev–Trinajstić information content (AvgIpc) is 3.09. The molecule has 6 heteroatoms. The lowest BCUT2D eigenvalue weighted by atomic mass is 10.2. The number of aliphatic imine (C=N–C) groups is 1. The molecule has 0 aliphatic carbocycles. The molecule has 3 aromatic carbocycles. The molecule has 1 aliphatic heterocycles. The van der Waals surface area contributed by atoms with Gasteiger partial charge in [0.15, 0.2) is 5.70 Å². The Bertz CT molecular complexity index is 1150. The van der Waals surface area contributed by atoms with Gasteiger partial charge >= 0.3 is 11.9 Å². The van der Waals surface area contributed by atoms with Crippen molar-refractivity contribution in [2.45, 2.75) is 0 Å². The predicted molar refractivity (Wildman–Crippen MR) is 113 cm³/mol. The maximum absolute atomic E-state index is 12.2. The van der Waals surface area contributed by atoms with E-state index in [-0.39, 0.29) is 11.6 Å².